The SMILES string of the molecule is Cc1c(C(=O)N2CCN(C(=O)c3oc4ccccc4c3C)CC2)oc2ccccc12. The van der Waals surface area contributed by atoms with Crippen molar-refractivity contribution in [3.8, 4) is 0 Å². The lowest BCUT2D eigenvalue weighted by molar-refractivity contribution is 0.0503. The fraction of sp³-hybridized carbons (Fsp3) is 0.250. The van der Waals surface area contributed by atoms with Crippen LogP contribution in [-0.4, -0.2) is 47.8 Å². The van der Waals surface area contributed by atoms with Gasteiger partial charge in [0.15, 0.2) is 11.5 Å². The zero-order valence-electron chi connectivity index (χ0n) is 17.0. The zero-order chi connectivity index (χ0) is 20.8. The Hall–Kier alpha value is -3.54. The first-order valence-corrected chi connectivity index (χ1v) is 10.1. The highest BCUT2D eigenvalue weighted by Gasteiger charge is 2.30. The van der Waals surface area contributed by atoms with E-state index in [0.29, 0.717) is 48.9 Å². The first-order chi connectivity index (χ1) is 14.5. The van der Waals surface area contributed by atoms with Crippen LogP contribution in [0.1, 0.15) is 32.2 Å². The van der Waals surface area contributed by atoms with Gasteiger partial charge in [0, 0.05) is 48.1 Å². The fourth-order valence-corrected chi connectivity index (χ4v) is 4.16. The number of carbonyl (C=O) groups is 2. The molecule has 1 aliphatic rings. The van der Waals surface area contributed by atoms with Crippen LogP contribution >= 0.6 is 0 Å². The van der Waals surface area contributed by atoms with Crippen LogP contribution in [0.2, 0.25) is 0 Å². The van der Waals surface area contributed by atoms with Gasteiger partial charge in [-0.2, -0.15) is 0 Å². The molecule has 2 amide bonds. The Bertz CT molecular complexity index is 1180. The number of furan rings is 2. The second kappa shape index (κ2) is 7.06. The quantitative estimate of drug-likeness (QED) is 0.499. The Balaban J connectivity index is 1.32. The molecule has 0 aliphatic carbocycles. The van der Waals surface area contributed by atoms with Gasteiger partial charge in [-0.15, -0.1) is 0 Å². The molecule has 6 heteroatoms. The average Bonchev–Trinajstić information content (AvgIpc) is 3.30. The molecular weight excluding hydrogens is 380 g/mol. The second-order valence-electron chi connectivity index (χ2n) is 7.69. The highest BCUT2D eigenvalue weighted by atomic mass is 16.4. The molecule has 1 aliphatic heterocycles. The van der Waals surface area contributed by atoms with E-state index in [4.69, 9.17) is 8.83 Å². The number of rotatable bonds is 2. The predicted octanol–water partition coefficient (Wildman–Crippen LogP) is 4.39. The van der Waals surface area contributed by atoms with E-state index in [1.165, 1.54) is 0 Å². The maximum atomic E-state index is 13.0. The van der Waals surface area contributed by atoms with Crippen LogP contribution in [0.3, 0.4) is 0 Å². The summed E-state index contributed by atoms with van der Waals surface area (Å²) in [5.74, 6) is 0.500. The number of aryl methyl sites for hydroxylation is 2. The summed E-state index contributed by atoms with van der Waals surface area (Å²) in [4.78, 5) is 29.5. The second-order valence-corrected chi connectivity index (χ2v) is 7.69. The average molecular weight is 402 g/mol. The van der Waals surface area contributed by atoms with Gasteiger partial charge in [0.1, 0.15) is 11.2 Å². The molecule has 0 radical (unpaired) electrons. The van der Waals surface area contributed by atoms with Gasteiger partial charge >= 0.3 is 0 Å². The van der Waals surface area contributed by atoms with Crippen molar-refractivity contribution < 1.29 is 18.4 Å². The zero-order valence-corrected chi connectivity index (χ0v) is 17.0. The molecule has 0 spiro atoms. The number of fused-ring (bicyclic) bond motifs is 2. The minimum Gasteiger partial charge on any atom is -0.451 e. The van der Waals surface area contributed by atoms with Crippen molar-refractivity contribution in [2.24, 2.45) is 0 Å². The number of hydrogen-bond acceptors (Lipinski definition) is 4. The molecule has 1 saturated heterocycles. The molecule has 0 N–H and O–H groups in total. The number of para-hydroxylation sites is 2. The summed E-state index contributed by atoms with van der Waals surface area (Å²) >= 11 is 0. The van der Waals surface area contributed by atoms with Gasteiger partial charge < -0.3 is 18.6 Å². The topological polar surface area (TPSA) is 66.9 Å². The Morgan fingerprint density at radius 1 is 0.667 bits per heavy atom. The largest absolute Gasteiger partial charge is 0.451 e. The minimum absolute atomic E-state index is 0.129. The van der Waals surface area contributed by atoms with Gasteiger partial charge in [-0.3, -0.25) is 9.59 Å². The molecule has 2 aromatic carbocycles. The maximum absolute atomic E-state index is 13.0. The molecule has 1 fully saturated rings. The lowest BCUT2D eigenvalue weighted by Crippen LogP contribution is -2.50. The van der Waals surface area contributed by atoms with Crippen LogP contribution in [-0.2, 0) is 0 Å². The molecule has 0 bridgehead atoms. The number of amides is 2. The van der Waals surface area contributed by atoms with Crippen molar-refractivity contribution in [2.75, 3.05) is 26.2 Å². The normalized spacial score (nSPS) is 14.6. The van der Waals surface area contributed by atoms with Crippen LogP contribution in [0.25, 0.3) is 21.9 Å². The van der Waals surface area contributed by atoms with Crippen molar-refractivity contribution in [1.29, 1.82) is 0 Å². The Morgan fingerprint density at radius 3 is 1.40 bits per heavy atom. The highest BCUT2D eigenvalue weighted by Crippen LogP contribution is 2.28. The first kappa shape index (κ1) is 18.5. The van der Waals surface area contributed by atoms with E-state index in [-0.39, 0.29) is 11.8 Å². The van der Waals surface area contributed by atoms with E-state index >= 15 is 0 Å². The van der Waals surface area contributed by atoms with Gasteiger partial charge in [-0.05, 0) is 26.0 Å². The summed E-state index contributed by atoms with van der Waals surface area (Å²) in [7, 11) is 0. The molecule has 3 heterocycles. The summed E-state index contributed by atoms with van der Waals surface area (Å²) in [6.45, 7) is 5.65. The number of piperazine rings is 1. The standard InChI is InChI=1S/C24H22N2O4/c1-15-17-7-3-5-9-19(17)29-21(15)23(27)25-11-13-26(14-12-25)24(28)22-16(2)18-8-4-6-10-20(18)30-22/h3-10H,11-14H2,1-2H3. The van der Waals surface area contributed by atoms with Gasteiger partial charge in [-0.1, -0.05) is 36.4 Å². The molecule has 4 aromatic rings. The fourth-order valence-electron chi connectivity index (χ4n) is 4.16. The van der Waals surface area contributed by atoms with E-state index in [0.717, 1.165) is 21.9 Å². The highest BCUT2D eigenvalue weighted by molar-refractivity contribution is 6.00. The van der Waals surface area contributed by atoms with E-state index in [1.54, 1.807) is 9.80 Å². The molecule has 0 saturated carbocycles. The van der Waals surface area contributed by atoms with Gasteiger partial charge in [0.25, 0.3) is 11.8 Å². The predicted molar refractivity (Wildman–Crippen MR) is 114 cm³/mol. The summed E-state index contributed by atoms with van der Waals surface area (Å²) < 4.78 is 11.6. The monoisotopic (exact) mass is 402 g/mol. The molecule has 2 aromatic heterocycles. The minimum atomic E-state index is -0.129. The molecule has 152 valence electrons. The van der Waals surface area contributed by atoms with Gasteiger partial charge in [0.2, 0.25) is 0 Å². The number of hydrogen-bond donors (Lipinski definition) is 0. The van der Waals surface area contributed by atoms with Crippen LogP contribution in [0.15, 0.2) is 57.4 Å². The van der Waals surface area contributed by atoms with Crippen molar-refractivity contribution in [3.63, 3.8) is 0 Å². The summed E-state index contributed by atoms with van der Waals surface area (Å²) in [5.41, 5.74) is 3.14. The van der Waals surface area contributed by atoms with E-state index in [9.17, 15) is 9.59 Å². The number of benzene rings is 2. The van der Waals surface area contributed by atoms with Crippen molar-refractivity contribution in [2.45, 2.75) is 13.8 Å². The third-order valence-electron chi connectivity index (χ3n) is 5.93. The number of nitrogens with zero attached hydrogens (tertiary/aromatic N) is 2. The molecular formula is C24H22N2O4. The summed E-state index contributed by atoms with van der Waals surface area (Å²) in [6.07, 6.45) is 0. The smallest absolute Gasteiger partial charge is 0.290 e. The summed E-state index contributed by atoms with van der Waals surface area (Å²) in [5, 5.41) is 1.91. The molecule has 0 unspecified atom stereocenters. The van der Waals surface area contributed by atoms with Crippen LogP contribution in [0, 0.1) is 13.8 Å². The van der Waals surface area contributed by atoms with Gasteiger partial charge in [-0.25, -0.2) is 0 Å². The third kappa shape index (κ3) is 2.87. The lowest BCUT2D eigenvalue weighted by atomic mass is 10.1. The molecule has 6 nitrogen and oxygen atoms in total. The van der Waals surface area contributed by atoms with Crippen LogP contribution in [0.4, 0.5) is 0 Å². The Kier molecular flexibility index (Phi) is 4.35. The van der Waals surface area contributed by atoms with Gasteiger partial charge in [0.05, 0.1) is 0 Å². The van der Waals surface area contributed by atoms with E-state index in [1.807, 2.05) is 62.4 Å². The van der Waals surface area contributed by atoms with E-state index in [2.05, 4.69) is 0 Å². The van der Waals surface area contributed by atoms with Crippen molar-refractivity contribution >= 4 is 33.8 Å². The molecule has 5 rings (SSSR count). The third-order valence-corrected chi connectivity index (χ3v) is 5.93. The maximum Gasteiger partial charge on any atom is 0.290 e. The molecule has 30 heavy (non-hydrogen) atoms. The van der Waals surface area contributed by atoms with Crippen LogP contribution < -0.4 is 0 Å². The van der Waals surface area contributed by atoms with Crippen molar-refractivity contribution in [3.05, 3.63) is 71.2 Å². The Morgan fingerprint density at radius 2 is 1.03 bits per heavy atom. The first-order valence-electron chi connectivity index (χ1n) is 10.1. The summed E-state index contributed by atoms with van der Waals surface area (Å²) in [6, 6.07) is 15.3. The Labute approximate surface area is 173 Å². The van der Waals surface area contributed by atoms with E-state index < -0.39 is 0 Å². The number of carbonyl (C=O) groups excluding carboxylic acids is 2. The van der Waals surface area contributed by atoms with Crippen molar-refractivity contribution in [1.82, 2.24) is 9.80 Å². The molecule has 0 atom stereocenters. The van der Waals surface area contributed by atoms with Crippen LogP contribution in [0.5, 0.6) is 0 Å². The lowest BCUT2D eigenvalue weighted by Gasteiger charge is -2.34.